The Morgan fingerprint density at radius 1 is 1.08 bits per heavy atom. The highest BCUT2D eigenvalue weighted by Crippen LogP contribution is 2.21. The van der Waals surface area contributed by atoms with E-state index in [9.17, 15) is 18.0 Å². The minimum Gasteiger partial charge on any atom is -0.497 e. The Morgan fingerprint density at radius 3 is 2.28 bits per heavy atom. The molecule has 2 aromatic rings. The lowest BCUT2D eigenvalue weighted by molar-refractivity contribution is -0.141. The number of aryl methyl sites for hydroxylation is 1. The summed E-state index contributed by atoms with van der Waals surface area (Å²) in [5.74, 6) is 0.177. The van der Waals surface area contributed by atoms with Gasteiger partial charge in [0.05, 0.1) is 19.1 Å². The molecule has 36 heavy (non-hydrogen) atoms. The average Bonchev–Trinajstić information content (AvgIpc) is 2.78. The third-order valence-electron chi connectivity index (χ3n) is 5.63. The quantitative estimate of drug-likeness (QED) is 0.488. The molecule has 0 fully saturated rings. The number of hydrogen-bond acceptors (Lipinski definition) is 5. The van der Waals surface area contributed by atoms with Crippen molar-refractivity contribution >= 4 is 27.5 Å². The molecule has 0 bridgehead atoms. The molecule has 198 valence electrons. The van der Waals surface area contributed by atoms with Crippen LogP contribution >= 0.6 is 0 Å². The second-order valence-electron chi connectivity index (χ2n) is 10.1. The molecule has 8 nitrogen and oxygen atoms in total. The molecule has 0 aliphatic carbocycles. The van der Waals surface area contributed by atoms with Gasteiger partial charge in [0.2, 0.25) is 21.8 Å². The number of carbonyl (C=O) groups is 2. The largest absolute Gasteiger partial charge is 0.497 e. The van der Waals surface area contributed by atoms with Gasteiger partial charge in [-0.1, -0.05) is 29.8 Å². The van der Waals surface area contributed by atoms with Gasteiger partial charge in [0.25, 0.3) is 0 Å². The molecule has 2 amide bonds. The van der Waals surface area contributed by atoms with Crippen LogP contribution in [0.15, 0.2) is 48.5 Å². The summed E-state index contributed by atoms with van der Waals surface area (Å²) in [4.78, 5) is 27.8. The number of rotatable bonds is 11. The van der Waals surface area contributed by atoms with Gasteiger partial charge in [-0.2, -0.15) is 0 Å². The van der Waals surface area contributed by atoms with Crippen molar-refractivity contribution in [1.29, 1.82) is 0 Å². The van der Waals surface area contributed by atoms with Gasteiger partial charge in [0, 0.05) is 25.0 Å². The van der Waals surface area contributed by atoms with E-state index < -0.39 is 21.6 Å². The number of ether oxygens (including phenoxy) is 1. The van der Waals surface area contributed by atoms with Crippen molar-refractivity contribution in [2.75, 3.05) is 24.2 Å². The van der Waals surface area contributed by atoms with Crippen molar-refractivity contribution in [2.45, 2.75) is 65.6 Å². The summed E-state index contributed by atoms with van der Waals surface area (Å²) < 4.78 is 31.5. The molecule has 0 saturated carbocycles. The van der Waals surface area contributed by atoms with Crippen LogP contribution in [0.5, 0.6) is 5.75 Å². The first kappa shape index (κ1) is 29.2. The van der Waals surface area contributed by atoms with Crippen molar-refractivity contribution in [1.82, 2.24) is 10.2 Å². The fourth-order valence-corrected chi connectivity index (χ4v) is 4.70. The first-order valence-electron chi connectivity index (χ1n) is 12.0. The Kier molecular flexibility index (Phi) is 9.93. The van der Waals surface area contributed by atoms with Crippen molar-refractivity contribution in [3.63, 3.8) is 0 Å². The zero-order valence-corrected chi connectivity index (χ0v) is 23.2. The molecular weight excluding hydrogens is 478 g/mol. The molecule has 0 aromatic heterocycles. The number of benzene rings is 2. The number of hydrogen-bond donors (Lipinski definition) is 1. The van der Waals surface area contributed by atoms with Crippen LogP contribution in [-0.4, -0.2) is 56.6 Å². The predicted molar refractivity (Wildman–Crippen MR) is 144 cm³/mol. The third-order valence-corrected chi connectivity index (χ3v) is 6.82. The van der Waals surface area contributed by atoms with Crippen LogP contribution in [0.3, 0.4) is 0 Å². The molecule has 0 heterocycles. The Labute approximate surface area is 215 Å². The van der Waals surface area contributed by atoms with Crippen LogP contribution in [0.1, 0.15) is 51.7 Å². The van der Waals surface area contributed by atoms with E-state index in [4.69, 9.17) is 4.74 Å². The second kappa shape index (κ2) is 12.3. The van der Waals surface area contributed by atoms with Gasteiger partial charge < -0.3 is 15.0 Å². The highest BCUT2D eigenvalue weighted by molar-refractivity contribution is 7.92. The van der Waals surface area contributed by atoms with E-state index in [1.54, 1.807) is 26.2 Å². The number of carbonyl (C=O) groups excluding carboxylic acids is 2. The second-order valence-corrected chi connectivity index (χ2v) is 12.0. The van der Waals surface area contributed by atoms with Crippen LogP contribution in [0.2, 0.25) is 0 Å². The monoisotopic (exact) mass is 517 g/mol. The molecule has 0 spiro atoms. The number of sulfonamides is 1. The lowest BCUT2D eigenvalue weighted by atomic mass is 10.1. The van der Waals surface area contributed by atoms with E-state index in [-0.39, 0.29) is 31.3 Å². The first-order chi connectivity index (χ1) is 16.7. The normalized spacial score (nSPS) is 12.5. The smallest absolute Gasteiger partial charge is 0.242 e. The van der Waals surface area contributed by atoms with Gasteiger partial charge in [-0.05, 0) is 70.9 Å². The lowest BCUT2D eigenvalue weighted by Gasteiger charge is -2.32. The lowest BCUT2D eigenvalue weighted by Crippen LogP contribution is -2.52. The maximum Gasteiger partial charge on any atom is 0.242 e. The fraction of sp³-hybridized carbons (Fsp3) is 0.481. The van der Waals surface area contributed by atoms with Crippen LogP contribution < -0.4 is 14.4 Å². The first-order valence-corrected chi connectivity index (χ1v) is 13.8. The van der Waals surface area contributed by atoms with Crippen molar-refractivity contribution < 1.29 is 22.7 Å². The van der Waals surface area contributed by atoms with E-state index >= 15 is 0 Å². The fourth-order valence-electron chi connectivity index (χ4n) is 3.74. The maximum atomic E-state index is 13.4. The van der Waals surface area contributed by atoms with E-state index in [2.05, 4.69) is 5.32 Å². The summed E-state index contributed by atoms with van der Waals surface area (Å²) in [6, 6.07) is 13.9. The van der Waals surface area contributed by atoms with Crippen LogP contribution in [-0.2, 0) is 26.2 Å². The summed E-state index contributed by atoms with van der Waals surface area (Å²) >= 11 is 0. The molecule has 9 heteroatoms. The molecule has 2 aromatic carbocycles. The summed E-state index contributed by atoms with van der Waals surface area (Å²) in [6.07, 6.45) is 1.56. The van der Waals surface area contributed by atoms with Gasteiger partial charge in [-0.3, -0.25) is 13.9 Å². The molecule has 0 aliphatic rings. The summed E-state index contributed by atoms with van der Waals surface area (Å²) in [7, 11) is -1.95. The topological polar surface area (TPSA) is 96.0 Å². The summed E-state index contributed by atoms with van der Waals surface area (Å²) in [5.41, 5.74) is 1.97. The highest BCUT2D eigenvalue weighted by Gasteiger charge is 2.28. The molecule has 0 radical (unpaired) electrons. The average molecular weight is 518 g/mol. The number of nitrogens with one attached hydrogen (secondary N) is 1. The molecule has 0 unspecified atom stereocenters. The Balaban J connectivity index is 2.20. The number of nitrogens with zero attached hydrogens (tertiary/aromatic N) is 2. The van der Waals surface area contributed by atoms with Gasteiger partial charge in [-0.25, -0.2) is 8.42 Å². The van der Waals surface area contributed by atoms with E-state index in [0.717, 1.165) is 17.4 Å². The van der Waals surface area contributed by atoms with Gasteiger partial charge in [0.1, 0.15) is 11.8 Å². The van der Waals surface area contributed by atoms with Gasteiger partial charge in [-0.15, -0.1) is 0 Å². The molecule has 0 aliphatic heterocycles. The van der Waals surface area contributed by atoms with E-state index in [0.29, 0.717) is 17.9 Å². The number of anilines is 1. The van der Waals surface area contributed by atoms with Crippen LogP contribution in [0, 0.1) is 6.92 Å². The SMILES string of the molecule is COc1cccc(CN(C(=O)CCCN(c2ccc(C)cc2)S(C)(=O)=O)[C@@H](C)C(=O)NC(C)(C)C)c1. The van der Waals surface area contributed by atoms with Gasteiger partial charge >= 0.3 is 0 Å². The van der Waals surface area contributed by atoms with Crippen LogP contribution in [0.4, 0.5) is 5.69 Å². The minimum atomic E-state index is -3.52. The minimum absolute atomic E-state index is 0.0922. The zero-order valence-electron chi connectivity index (χ0n) is 22.4. The zero-order chi connectivity index (χ0) is 27.1. The maximum absolute atomic E-state index is 13.4. The molecule has 2 rings (SSSR count). The van der Waals surface area contributed by atoms with E-state index in [1.165, 1.54) is 9.21 Å². The van der Waals surface area contributed by atoms with Gasteiger partial charge in [0.15, 0.2) is 0 Å². The number of amides is 2. The molecule has 0 saturated heterocycles. The standard InChI is InChI=1S/C27H39N3O5S/c1-20-13-15-23(16-14-20)30(36(7,33)34)17-9-12-25(31)29(21(2)26(32)28-27(3,4)5)19-22-10-8-11-24(18-22)35-6/h8,10-11,13-16,18,21H,9,12,17,19H2,1-7H3,(H,28,32)/t21-/m0/s1. The Morgan fingerprint density at radius 2 is 1.72 bits per heavy atom. The Hall–Kier alpha value is -3.07. The number of methoxy groups -OCH3 is 1. The third kappa shape index (κ3) is 8.86. The molecule has 1 atom stereocenters. The molecular formula is C27H39N3O5S. The van der Waals surface area contributed by atoms with Crippen molar-refractivity contribution in [2.24, 2.45) is 0 Å². The predicted octanol–water partition coefficient (Wildman–Crippen LogP) is 3.88. The van der Waals surface area contributed by atoms with Crippen molar-refractivity contribution in [3.8, 4) is 5.75 Å². The molecule has 1 N–H and O–H groups in total. The summed E-state index contributed by atoms with van der Waals surface area (Å²) in [5, 5.41) is 2.94. The van der Waals surface area contributed by atoms with Crippen molar-refractivity contribution in [3.05, 3.63) is 59.7 Å². The summed E-state index contributed by atoms with van der Waals surface area (Å²) in [6.45, 7) is 9.67. The van der Waals surface area contributed by atoms with E-state index in [1.807, 2.05) is 64.1 Å². The highest BCUT2D eigenvalue weighted by atomic mass is 32.2. The van der Waals surface area contributed by atoms with Crippen LogP contribution in [0.25, 0.3) is 0 Å². The Bertz CT molecular complexity index is 1140.